The molecule has 2 N–H and O–H groups in total. The van der Waals surface area contributed by atoms with Crippen molar-refractivity contribution >= 4 is 5.91 Å². The third kappa shape index (κ3) is 2.70. The summed E-state index contributed by atoms with van der Waals surface area (Å²) in [7, 11) is 0. The van der Waals surface area contributed by atoms with Gasteiger partial charge in [-0.1, -0.05) is 43.3 Å². The second-order valence-corrected chi connectivity index (χ2v) is 7.15. The standard InChI is InChI=1S/C22H23N3O2/c1-4-10-25-20(15-8-6-5-7-9-15)17-18(23-24-19(17)22(25)27)16-12-13(2)11-14(3)21(16)26/h5-9,11-12,20,26H,4,10H2,1-3H3,(H,23,24). The molecule has 0 spiro atoms. The molecule has 1 aromatic heterocycles. The van der Waals surface area contributed by atoms with Gasteiger partial charge >= 0.3 is 0 Å². The number of fused-ring (bicyclic) bond motifs is 1. The first kappa shape index (κ1) is 17.3. The average molecular weight is 361 g/mol. The molecule has 0 saturated heterocycles. The molecule has 2 heterocycles. The molecule has 1 aliphatic heterocycles. The first-order chi connectivity index (χ1) is 13.0. The Kier molecular flexibility index (Phi) is 4.22. The van der Waals surface area contributed by atoms with E-state index < -0.39 is 0 Å². The number of phenolic OH excluding ortho intramolecular Hbond substituents is 1. The van der Waals surface area contributed by atoms with Gasteiger partial charge in [0, 0.05) is 17.7 Å². The normalized spacial score (nSPS) is 16.0. The fourth-order valence-corrected chi connectivity index (χ4v) is 4.00. The quantitative estimate of drug-likeness (QED) is 0.726. The maximum atomic E-state index is 13.0. The third-order valence-electron chi connectivity index (χ3n) is 5.14. The topological polar surface area (TPSA) is 69.2 Å². The summed E-state index contributed by atoms with van der Waals surface area (Å²) >= 11 is 0. The van der Waals surface area contributed by atoms with Gasteiger partial charge in [0.2, 0.25) is 0 Å². The number of aromatic nitrogens is 2. The summed E-state index contributed by atoms with van der Waals surface area (Å²) in [6.07, 6.45) is 0.872. The molecule has 1 aliphatic rings. The van der Waals surface area contributed by atoms with Crippen LogP contribution in [0.2, 0.25) is 0 Å². The number of benzene rings is 2. The number of carbonyl (C=O) groups excluding carboxylic acids is 1. The predicted molar refractivity (Wildman–Crippen MR) is 105 cm³/mol. The van der Waals surface area contributed by atoms with Gasteiger partial charge < -0.3 is 10.0 Å². The number of aryl methyl sites for hydroxylation is 2. The highest BCUT2D eigenvalue weighted by Crippen LogP contribution is 2.45. The highest BCUT2D eigenvalue weighted by molar-refractivity contribution is 6.00. The second-order valence-electron chi connectivity index (χ2n) is 7.15. The minimum absolute atomic E-state index is 0.0386. The van der Waals surface area contributed by atoms with Crippen LogP contribution in [0.1, 0.15) is 52.1 Å². The van der Waals surface area contributed by atoms with E-state index in [0.717, 1.165) is 28.7 Å². The van der Waals surface area contributed by atoms with Gasteiger partial charge in [0.1, 0.15) is 17.1 Å². The number of hydrogen-bond acceptors (Lipinski definition) is 3. The summed E-state index contributed by atoms with van der Waals surface area (Å²) in [5.41, 5.74) is 5.57. The minimum atomic E-state index is -0.206. The molecule has 1 unspecified atom stereocenters. The minimum Gasteiger partial charge on any atom is -0.507 e. The van der Waals surface area contributed by atoms with Crippen LogP contribution in [0.25, 0.3) is 11.3 Å². The van der Waals surface area contributed by atoms with Gasteiger partial charge in [-0.2, -0.15) is 5.10 Å². The summed E-state index contributed by atoms with van der Waals surface area (Å²) in [5.74, 6) is 0.173. The van der Waals surface area contributed by atoms with E-state index in [4.69, 9.17) is 0 Å². The van der Waals surface area contributed by atoms with E-state index in [2.05, 4.69) is 17.1 Å². The van der Waals surface area contributed by atoms with Crippen LogP contribution in [0.15, 0.2) is 42.5 Å². The highest BCUT2D eigenvalue weighted by atomic mass is 16.3. The third-order valence-corrected chi connectivity index (χ3v) is 5.14. The van der Waals surface area contributed by atoms with Crippen LogP contribution < -0.4 is 0 Å². The number of rotatable bonds is 4. The van der Waals surface area contributed by atoms with Crippen molar-refractivity contribution in [1.29, 1.82) is 0 Å². The van der Waals surface area contributed by atoms with Crippen molar-refractivity contribution in [1.82, 2.24) is 15.1 Å². The number of aromatic amines is 1. The zero-order valence-electron chi connectivity index (χ0n) is 15.8. The van der Waals surface area contributed by atoms with E-state index in [0.29, 0.717) is 23.5 Å². The molecule has 138 valence electrons. The number of amides is 1. The molecule has 27 heavy (non-hydrogen) atoms. The van der Waals surface area contributed by atoms with Crippen molar-refractivity contribution < 1.29 is 9.90 Å². The van der Waals surface area contributed by atoms with Crippen LogP contribution in [0.4, 0.5) is 0 Å². The van der Waals surface area contributed by atoms with Crippen molar-refractivity contribution in [2.24, 2.45) is 0 Å². The first-order valence-corrected chi connectivity index (χ1v) is 9.27. The van der Waals surface area contributed by atoms with Gasteiger partial charge in [-0.15, -0.1) is 0 Å². The monoisotopic (exact) mass is 361 g/mol. The molecule has 5 heteroatoms. The smallest absolute Gasteiger partial charge is 0.273 e. The van der Waals surface area contributed by atoms with Crippen LogP contribution >= 0.6 is 0 Å². The van der Waals surface area contributed by atoms with Crippen molar-refractivity contribution in [3.05, 3.63) is 70.4 Å². The van der Waals surface area contributed by atoms with E-state index >= 15 is 0 Å². The SMILES string of the molecule is CCCN1C(=O)c2[nH]nc(-c3cc(C)cc(C)c3O)c2C1c1ccccc1. The Morgan fingerprint density at radius 2 is 1.93 bits per heavy atom. The summed E-state index contributed by atoms with van der Waals surface area (Å²) in [6.45, 7) is 6.60. The van der Waals surface area contributed by atoms with Crippen molar-refractivity contribution in [2.45, 2.75) is 33.2 Å². The van der Waals surface area contributed by atoms with E-state index in [1.54, 1.807) is 0 Å². The lowest BCUT2D eigenvalue weighted by atomic mass is 9.94. The van der Waals surface area contributed by atoms with Crippen LogP contribution in [0, 0.1) is 13.8 Å². The van der Waals surface area contributed by atoms with Crippen LogP contribution in [-0.4, -0.2) is 32.7 Å². The van der Waals surface area contributed by atoms with E-state index in [1.807, 2.05) is 61.2 Å². The Labute approximate surface area is 158 Å². The fourth-order valence-electron chi connectivity index (χ4n) is 4.00. The summed E-state index contributed by atoms with van der Waals surface area (Å²) < 4.78 is 0. The van der Waals surface area contributed by atoms with Gasteiger partial charge in [0.15, 0.2) is 0 Å². The molecule has 0 saturated carbocycles. The van der Waals surface area contributed by atoms with E-state index in [-0.39, 0.29) is 17.7 Å². The predicted octanol–water partition coefficient (Wildman–Crippen LogP) is 4.35. The average Bonchev–Trinajstić information content (AvgIpc) is 3.19. The molecule has 1 atom stereocenters. The van der Waals surface area contributed by atoms with Crippen LogP contribution in [0.3, 0.4) is 0 Å². The molecule has 0 bridgehead atoms. The molecule has 0 fully saturated rings. The molecule has 5 nitrogen and oxygen atoms in total. The van der Waals surface area contributed by atoms with Crippen LogP contribution in [0.5, 0.6) is 5.75 Å². The first-order valence-electron chi connectivity index (χ1n) is 9.27. The van der Waals surface area contributed by atoms with Gasteiger partial charge in [0.25, 0.3) is 5.91 Å². The largest absolute Gasteiger partial charge is 0.507 e. The summed E-state index contributed by atoms with van der Waals surface area (Å²) in [6, 6.07) is 13.7. The van der Waals surface area contributed by atoms with E-state index in [1.165, 1.54) is 0 Å². The van der Waals surface area contributed by atoms with Crippen molar-refractivity contribution in [2.75, 3.05) is 6.54 Å². The summed E-state index contributed by atoms with van der Waals surface area (Å²) in [5, 5.41) is 18.0. The maximum Gasteiger partial charge on any atom is 0.273 e. The summed E-state index contributed by atoms with van der Waals surface area (Å²) in [4.78, 5) is 14.9. The van der Waals surface area contributed by atoms with Gasteiger partial charge in [-0.3, -0.25) is 9.89 Å². The van der Waals surface area contributed by atoms with Gasteiger partial charge in [0.05, 0.1) is 6.04 Å². The zero-order valence-corrected chi connectivity index (χ0v) is 15.8. The molecule has 3 aromatic rings. The lowest BCUT2D eigenvalue weighted by Crippen LogP contribution is -2.30. The molecule has 1 amide bonds. The molecule has 4 rings (SSSR count). The van der Waals surface area contributed by atoms with E-state index in [9.17, 15) is 9.90 Å². The number of phenols is 1. The number of nitrogens with zero attached hydrogens (tertiary/aromatic N) is 2. The highest BCUT2D eigenvalue weighted by Gasteiger charge is 2.42. The Hall–Kier alpha value is -3.08. The number of nitrogens with one attached hydrogen (secondary N) is 1. The number of aromatic hydroxyl groups is 1. The second kappa shape index (κ2) is 6.58. The maximum absolute atomic E-state index is 13.0. The Balaban J connectivity index is 1.95. The van der Waals surface area contributed by atoms with Gasteiger partial charge in [-0.25, -0.2) is 0 Å². The number of H-pyrrole nitrogens is 1. The molecular weight excluding hydrogens is 338 g/mol. The zero-order chi connectivity index (χ0) is 19.1. The number of carbonyl (C=O) groups is 1. The van der Waals surface area contributed by atoms with Crippen molar-refractivity contribution in [3.63, 3.8) is 0 Å². The van der Waals surface area contributed by atoms with Crippen LogP contribution in [-0.2, 0) is 0 Å². The molecule has 0 aliphatic carbocycles. The van der Waals surface area contributed by atoms with Crippen molar-refractivity contribution in [3.8, 4) is 17.0 Å². The Bertz CT molecular complexity index is 1010. The van der Waals surface area contributed by atoms with Gasteiger partial charge in [-0.05, 0) is 43.0 Å². The Morgan fingerprint density at radius 1 is 1.19 bits per heavy atom. The fraction of sp³-hybridized carbons (Fsp3) is 0.273. The molecule has 0 radical (unpaired) electrons. The molecule has 2 aromatic carbocycles. The lowest BCUT2D eigenvalue weighted by molar-refractivity contribution is 0.0744. The lowest BCUT2D eigenvalue weighted by Gasteiger charge is -2.26. The Morgan fingerprint density at radius 3 is 2.63 bits per heavy atom. The number of hydrogen-bond donors (Lipinski definition) is 2. The molecular formula is C22H23N3O2.